The largest absolute Gasteiger partial charge is 0.493 e. The summed E-state index contributed by atoms with van der Waals surface area (Å²) in [4.78, 5) is 0. The molecule has 1 atom stereocenters. The molecule has 0 radical (unpaired) electrons. The Hall–Kier alpha value is -0.840. The van der Waals surface area contributed by atoms with Gasteiger partial charge >= 0.3 is 0 Å². The number of benzene rings is 2. The average molecular weight is 413 g/mol. The molecule has 2 aromatic rings. The van der Waals surface area contributed by atoms with E-state index in [1.165, 1.54) is 16.7 Å². The van der Waals surface area contributed by atoms with Gasteiger partial charge in [-0.2, -0.15) is 0 Å². The van der Waals surface area contributed by atoms with Crippen molar-refractivity contribution in [2.24, 2.45) is 0 Å². The summed E-state index contributed by atoms with van der Waals surface area (Å²) in [6.45, 7) is 4.74. The molecule has 0 aromatic heterocycles. The van der Waals surface area contributed by atoms with Gasteiger partial charge in [0.05, 0.1) is 17.1 Å². The van der Waals surface area contributed by atoms with Crippen molar-refractivity contribution in [3.05, 3.63) is 62.0 Å². The average Bonchev–Trinajstić information content (AvgIpc) is 2.46. The number of hydrogen-bond donors (Lipinski definition) is 1. The van der Waals surface area contributed by atoms with E-state index in [1.807, 2.05) is 20.0 Å². The molecule has 1 N–H and O–H groups in total. The lowest BCUT2D eigenvalue weighted by molar-refractivity contribution is 0.338. The predicted molar refractivity (Wildman–Crippen MR) is 95.1 cm³/mol. The van der Waals surface area contributed by atoms with E-state index in [4.69, 9.17) is 4.74 Å². The lowest BCUT2D eigenvalue weighted by Gasteiger charge is -2.19. The fourth-order valence-corrected chi connectivity index (χ4v) is 3.19. The first-order valence-electron chi connectivity index (χ1n) is 6.92. The summed E-state index contributed by atoms with van der Waals surface area (Å²) < 4.78 is 7.68. The van der Waals surface area contributed by atoms with Gasteiger partial charge in [-0.25, -0.2) is 0 Å². The van der Waals surface area contributed by atoms with Crippen LogP contribution in [0.15, 0.2) is 45.3 Å². The van der Waals surface area contributed by atoms with E-state index in [0.717, 1.165) is 14.7 Å². The van der Waals surface area contributed by atoms with E-state index in [0.29, 0.717) is 6.61 Å². The number of aryl methyl sites for hydroxylation is 1. The van der Waals surface area contributed by atoms with Crippen LogP contribution in [0, 0.1) is 6.92 Å². The standard InChI is InChI=1S/C17H19Br2NO/c1-4-21-16-8-7-13(10-15(16)19)17(20-3)12-6-5-11(2)14(18)9-12/h5-10,17,20H,4H2,1-3H3. The molecular weight excluding hydrogens is 394 g/mol. The van der Waals surface area contributed by atoms with E-state index in [-0.39, 0.29) is 6.04 Å². The Morgan fingerprint density at radius 1 is 1.05 bits per heavy atom. The highest BCUT2D eigenvalue weighted by Gasteiger charge is 2.14. The lowest BCUT2D eigenvalue weighted by atomic mass is 9.98. The van der Waals surface area contributed by atoms with E-state index < -0.39 is 0 Å². The molecule has 21 heavy (non-hydrogen) atoms. The molecule has 112 valence electrons. The van der Waals surface area contributed by atoms with Crippen LogP contribution in [-0.2, 0) is 0 Å². The minimum atomic E-state index is 0.147. The molecule has 2 aromatic carbocycles. The molecule has 0 saturated heterocycles. The zero-order valence-corrected chi connectivity index (χ0v) is 15.6. The minimum absolute atomic E-state index is 0.147. The van der Waals surface area contributed by atoms with Crippen LogP contribution in [0.4, 0.5) is 0 Å². The maximum atomic E-state index is 5.57. The molecule has 0 bridgehead atoms. The summed E-state index contributed by atoms with van der Waals surface area (Å²) in [5, 5.41) is 3.38. The quantitative estimate of drug-likeness (QED) is 0.725. The highest BCUT2D eigenvalue weighted by Crippen LogP contribution is 2.32. The third kappa shape index (κ3) is 3.87. The first kappa shape index (κ1) is 16.5. The van der Waals surface area contributed by atoms with E-state index in [1.54, 1.807) is 0 Å². The van der Waals surface area contributed by atoms with Crippen LogP contribution in [0.2, 0.25) is 0 Å². The van der Waals surface area contributed by atoms with Gasteiger partial charge in [-0.15, -0.1) is 0 Å². The number of halogens is 2. The topological polar surface area (TPSA) is 21.3 Å². The van der Waals surface area contributed by atoms with Crippen LogP contribution in [0.5, 0.6) is 5.75 Å². The first-order chi connectivity index (χ1) is 10.1. The van der Waals surface area contributed by atoms with Crippen molar-refractivity contribution in [3.8, 4) is 5.75 Å². The van der Waals surface area contributed by atoms with Crippen molar-refractivity contribution < 1.29 is 4.74 Å². The molecule has 0 amide bonds. The molecule has 4 heteroatoms. The third-order valence-corrected chi connectivity index (χ3v) is 4.88. The smallest absolute Gasteiger partial charge is 0.133 e. The van der Waals surface area contributed by atoms with Gasteiger partial charge < -0.3 is 10.1 Å². The van der Waals surface area contributed by atoms with E-state index in [9.17, 15) is 0 Å². The van der Waals surface area contributed by atoms with Crippen LogP contribution < -0.4 is 10.1 Å². The molecule has 0 heterocycles. The number of ether oxygens (including phenoxy) is 1. The molecule has 0 aliphatic heterocycles. The van der Waals surface area contributed by atoms with Crippen molar-refractivity contribution in [2.45, 2.75) is 19.9 Å². The summed E-state index contributed by atoms with van der Waals surface area (Å²) in [7, 11) is 1.97. The molecule has 0 spiro atoms. The van der Waals surface area contributed by atoms with Crippen LogP contribution in [0.25, 0.3) is 0 Å². The molecule has 0 fully saturated rings. The summed E-state index contributed by atoms with van der Waals surface area (Å²) in [6.07, 6.45) is 0. The van der Waals surface area contributed by atoms with Gasteiger partial charge in [-0.3, -0.25) is 0 Å². The van der Waals surface area contributed by atoms with Gasteiger partial charge in [0.15, 0.2) is 0 Å². The lowest BCUT2D eigenvalue weighted by Crippen LogP contribution is -2.17. The minimum Gasteiger partial charge on any atom is -0.493 e. The second kappa shape index (κ2) is 7.43. The Balaban J connectivity index is 2.36. The third-order valence-electron chi connectivity index (χ3n) is 3.41. The highest BCUT2D eigenvalue weighted by molar-refractivity contribution is 9.10. The Labute approximate surface area is 143 Å². The predicted octanol–water partition coefficient (Wildman–Crippen LogP) is 5.23. The van der Waals surface area contributed by atoms with Crippen molar-refractivity contribution in [3.63, 3.8) is 0 Å². The van der Waals surface area contributed by atoms with E-state index in [2.05, 4.69) is 74.4 Å². The maximum Gasteiger partial charge on any atom is 0.133 e. The van der Waals surface area contributed by atoms with Crippen molar-refractivity contribution in [1.29, 1.82) is 0 Å². The molecule has 2 nitrogen and oxygen atoms in total. The molecular formula is C17H19Br2NO. The van der Waals surface area contributed by atoms with Crippen LogP contribution in [0.3, 0.4) is 0 Å². The Morgan fingerprint density at radius 3 is 2.19 bits per heavy atom. The van der Waals surface area contributed by atoms with Gasteiger partial charge in [0.1, 0.15) is 5.75 Å². The Morgan fingerprint density at radius 2 is 1.67 bits per heavy atom. The van der Waals surface area contributed by atoms with Crippen molar-refractivity contribution in [2.75, 3.05) is 13.7 Å². The van der Waals surface area contributed by atoms with Crippen molar-refractivity contribution in [1.82, 2.24) is 5.32 Å². The van der Waals surface area contributed by atoms with Crippen LogP contribution >= 0.6 is 31.9 Å². The molecule has 0 aliphatic rings. The Kier molecular flexibility index (Phi) is 5.85. The maximum absolute atomic E-state index is 5.57. The number of hydrogen-bond acceptors (Lipinski definition) is 2. The molecule has 0 saturated carbocycles. The van der Waals surface area contributed by atoms with E-state index >= 15 is 0 Å². The normalized spacial score (nSPS) is 12.2. The molecule has 1 unspecified atom stereocenters. The second-order valence-electron chi connectivity index (χ2n) is 4.85. The zero-order chi connectivity index (χ0) is 15.4. The SMILES string of the molecule is CCOc1ccc(C(NC)c2ccc(C)c(Br)c2)cc1Br. The zero-order valence-electron chi connectivity index (χ0n) is 12.4. The number of rotatable bonds is 5. The second-order valence-corrected chi connectivity index (χ2v) is 6.56. The summed E-state index contributed by atoms with van der Waals surface area (Å²) in [5.41, 5.74) is 3.66. The fraction of sp³-hybridized carbons (Fsp3) is 0.294. The van der Waals surface area contributed by atoms with Crippen LogP contribution in [-0.4, -0.2) is 13.7 Å². The molecule has 2 rings (SSSR count). The first-order valence-corrected chi connectivity index (χ1v) is 8.51. The van der Waals surface area contributed by atoms with Gasteiger partial charge in [-0.05, 0) is 71.7 Å². The van der Waals surface area contributed by atoms with Gasteiger partial charge in [-0.1, -0.05) is 34.1 Å². The van der Waals surface area contributed by atoms with Gasteiger partial charge in [0, 0.05) is 4.47 Å². The van der Waals surface area contributed by atoms with Gasteiger partial charge in [0.2, 0.25) is 0 Å². The molecule has 0 aliphatic carbocycles. The van der Waals surface area contributed by atoms with Gasteiger partial charge in [0.25, 0.3) is 0 Å². The summed E-state index contributed by atoms with van der Waals surface area (Å²) in [6, 6.07) is 12.8. The van der Waals surface area contributed by atoms with Crippen molar-refractivity contribution >= 4 is 31.9 Å². The number of nitrogens with one attached hydrogen (secondary N) is 1. The van der Waals surface area contributed by atoms with Crippen LogP contribution in [0.1, 0.15) is 29.7 Å². The monoisotopic (exact) mass is 411 g/mol. The highest BCUT2D eigenvalue weighted by atomic mass is 79.9. The fourth-order valence-electron chi connectivity index (χ4n) is 2.28. The summed E-state index contributed by atoms with van der Waals surface area (Å²) in [5.74, 6) is 0.876. The Bertz CT molecular complexity index is 628. The summed E-state index contributed by atoms with van der Waals surface area (Å²) >= 11 is 7.19.